The first-order valence-electron chi connectivity index (χ1n) is 6.71. The van der Waals surface area contributed by atoms with Crippen molar-refractivity contribution in [3.8, 4) is 0 Å². The highest BCUT2D eigenvalue weighted by molar-refractivity contribution is 5.95. The Morgan fingerprint density at radius 2 is 2.05 bits per heavy atom. The lowest BCUT2D eigenvalue weighted by Crippen LogP contribution is -2.24. The Morgan fingerprint density at radius 3 is 2.68 bits per heavy atom. The standard InChI is InChI=1S/C16H16N4O2/c1-3-9-17-16(22)14-7-8-15(20-19-14)18-13-6-4-5-12(10-13)11(2)21/h3-8,10H,1,9H2,2H3,(H,17,22)(H,18,20). The Morgan fingerprint density at radius 1 is 1.23 bits per heavy atom. The monoisotopic (exact) mass is 296 g/mol. The van der Waals surface area contributed by atoms with Crippen molar-refractivity contribution >= 4 is 23.2 Å². The number of nitrogens with one attached hydrogen (secondary N) is 2. The topological polar surface area (TPSA) is 84.0 Å². The number of Topliss-reactive ketones (excluding diaryl/α,β-unsaturated/α-hetero) is 1. The molecule has 2 aromatic rings. The van der Waals surface area contributed by atoms with Gasteiger partial charge in [-0.3, -0.25) is 9.59 Å². The second-order valence-electron chi connectivity index (χ2n) is 4.56. The van der Waals surface area contributed by atoms with E-state index in [1.54, 1.807) is 36.4 Å². The summed E-state index contributed by atoms with van der Waals surface area (Å²) in [6, 6.07) is 10.3. The Kier molecular flexibility index (Phi) is 4.98. The van der Waals surface area contributed by atoms with Crippen molar-refractivity contribution in [3.63, 3.8) is 0 Å². The predicted octanol–water partition coefficient (Wildman–Crippen LogP) is 2.34. The highest BCUT2D eigenvalue weighted by atomic mass is 16.2. The van der Waals surface area contributed by atoms with Crippen LogP contribution in [0, 0.1) is 0 Å². The van der Waals surface area contributed by atoms with Gasteiger partial charge in [0.25, 0.3) is 5.91 Å². The van der Waals surface area contributed by atoms with Crippen LogP contribution in [-0.2, 0) is 0 Å². The van der Waals surface area contributed by atoms with Crippen molar-refractivity contribution in [2.75, 3.05) is 11.9 Å². The predicted molar refractivity (Wildman–Crippen MR) is 84.3 cm³/mol. The second kappa shape index (κ2) is 7.12. The molecule has 6 nitrogen and oxygen atoms in total. The second-order valence-corrected chi connectivity index (χ2v) is 4.56. The quantitative estimate of drug-likeness (QED) is 0.631. The van der Waals surface area contributed by atoms with Gasteiger partial charge >= 0.3 is 0 Å². The number of hydrogen-bond acceptors (Lipinski definition) is 5. The van der Waals surface area contributed by atoms with Crippen molar-refractivity contribution in [1.82, 2.24) is 15.5 Å². The van der Waals surface area contributed by atoms with E-state index in [1.165, 1.54) is 6.92 Å². The van der Waals surface area contributed by atoms with Crippen molar-refractivity contribution in [1.29, 1.82) is 0 Å². The molecule has 0 unspecified atom stereocenters. The van der Waals surface area contributed by atoms with Gasteiger partial charge < -0.3 is 10.6 Å². The molecule has 6 heteroatoms. The van der Waals surface area contributed by atoms with Crippen molar-refractivity contribution in [3.05, 3.63) is 60.3 Å². The summed E-state index contributed by atoms with van der Waals surface area (Å²) in [6.45, 7) is 5.40. The lowest BCUT2D eigenvalue weighted by atomic mass is 10.1. The Balaban J connectivity index is 2.08. The van der Waals surface area contributed by atoms with E-state index in [0.717, 1.165) is 5.69 Å². The number of hydrogen-bond donors (Lipinski definition) is 2. The highest BCUT2D eigenvalue weighted by Gasteiger charge is 2.07. The molecule has 0 aliphatic rings. The number of rotatable bonds is 6. The molecule has 112 valence electrons. The fourth-order valence-electron chi connectivity index (χ4n) is 1.74. The molecule has 0 radical (unpaired) electrons. The molecule has 1 heterocycles. The molecular weight excluding hydrogens is 280 g/mol. The molecule has 1 aromatic heterocycles. The minimum Gasteiger partial charge on any atom is -0.347 e. The van der Waals surface area contributed by atoms with E-state index >= 15 is 0 Å². The number of aromatic nitrogens is 2. The van der Waals surface area contributed by atoms with Crippen LogP contribution < -0.4 is 10.6 Å². The van der Waals surface area contributed by atoms with Crippen LogP contribution in [0.2, 0.25) is 0 Å². The number of nitrogens with zero attached hydrogens (tertiary/aromatic N) is 2. The fourth-order valence-corrected chi connectivity index (χ4v) is 1.74. The van der Waals surface area contributed by atoms with Crippen LogP contribution >= 0.6 is 0 Å². The normalized spacial score (nSPS) is 9.86. The van der Waals surface area contributed by atoms with Gasteiger partial charge in [0, 0.05) is 17.8 Å². The van der Waals surface area contributed by atoms with Gasteiger partial charge in [-0.05, 0) is 31.2 Å². The SMILES string of the molecule is C=CCNC(=O)c1ccc(Nc2cccc(C(C)=O)c2)nn1. The molecule has 0 fully saturated rings. The zero-order chi connectivity index (χ0) is 15.9. The first-order chi connectivity index (χ1) is 10.6. The van der Waals surface area contributed by atoms with E-state index in [4.69, 9.17) is 0 Å². The number of carbonyl (C=O) groups is 2. The van der Waals surface area contributed by atoms with E-state index in [-0.39, 0.29) is 17.4 Å². The van der Waals surface area contributed by atoms with Gasteiger partial charge in [-0.2, -0.15) is 0 Å². The van der Waals surface area contributed by atoms with Crippen LogP contribution in [0.15, 0.2) is 49.1 Å². The maximum atomic E-state index is 11.7. The summed E-state index contributed by atoms with van der Waals surface area (Å²) in [5.41, 5.74) is 1.56. The molecule has 0 atom stereocenters. The maximum Gasteiger partial charge on any atom is 0.272 e. The van der Waals surface area contributed by atoms with E-state index in [2.05, 4.69) is 27.4 Å². The van der Waals surface area contributed by atoms with Crippen LogP contribution in [0.3, 0.4) is 0 Å². The summed E-state index contributed by atoms with van der Waals surface area (Å²) in [5, 5.41) is 13.5. The Bertz CT molecular complexity index is 696. The molecule has 0 aliphatic carbocycles. The van der Waals surface area contributed by atoms with Gasteiger partial charge in [-0.15, -0.1) is 16.8 Å². The summed E-state index contributed by atoms with van der Waals surface area (Å²) in [4.78, 5) is 23.0. The van der Waals surface area contributed by atoms with Crippen LogP contribution in [0.1, 0.15) is 27.8 Å². The molecule has 0 spiro atoms. The van der Waals surface area contributed by atoms with E-state index in [0.29, 0.717) is 17.9 Å². The third-order valence-corrected chi connectivity index (χ3v) is 2.85. The Labute approximate surface area is 128 Å². The molecule has 0 aliphatic heterocycles. The molecular formula is C16H16N4O2. The summed E-state index contributed by atoms with van der Waals surface area (Å²) in [6.07, 6.45) is 1.59. The molecule has 0 saturated heterocycles. The Hall–Kier alpha value is -3.02. The van der Waals surface area contributed by atoms with E-state index < -0.39 is 0 Å². The van der Waals surface area contributed by atoms with Crippen LogP contribution in [-0.4, -0.2) is 28.4 Å². The first-order valence-corrected chi connectivity index (χ1v) is 6.71. The smallest absolute Gasteiger partial charge is 0.272 e. The zero-order valence-electron chi connectivity index (χ0n) is 12.2. The van der Waals surface area contributed by atoms with Gasteiger partial charge in [0.2, 0.25) is 0 Å². The van der Waals surface area contributed by atoms with Crippen molar-refractivity contribution in [2.24, 2.45) is 0 Å². The lowest BCUT2D eigenvalue weighted by molar-refractivity contribution is 0.0951. The summed E-state index contributed by atoms with van der Waals surface area (Å²) in [7, 11) is 0. The zero-order valence-corrected chi connectivity index (χ0v) is 12.2. The van der Waals surface area contributed by atoms with Gasteiger partial charge in [0.1, 0.15) is 0 Å². The maximum absolute atomic E-state index is 11.7. The number of amides is 1. The first kappa shape index (κ1) is 15.4. The van der Waals surface area contributed by atoms with Gasteiger partial charge in [0.05, 0.1) is 0 Å². The molecule has 1 aromatic carbocycles. The summed E-state index contributed by atoms with van der Waals surface area (Å²) in [5.74, 6) is 0.169. The number of benzene rings is 1. The average molecular weight is 296 g/mol. The molecule has 0 saturated carbocycles. The minimum atomic E-state index is -0.308. The van der Waals surface area contributed by atoms with Crippen LogP contribution in [0.4, 0.5) is 11.5 Å². The minimum absolute atomic E-state index is 0.0102. The largest absolute Gasteiger partial charge is 0.347 e. The number of carbonyl (C=O) groups excluding carboxylic acids is 2. The summed E-state index contributed by atoms with van der Waals surface area (Å²) < 4.78 is 0. The van der Waals surface area contributed by atoms with E-state index in [1.807, 2.05) is 6.07 Å². The fraction of sp³-hybridized carbons (Fsp3) is 0.125. The average Bonchev–Trinajstić information content (AvgIpc) is 2.53. The van der Waals surface area contributed by atoms with E-state index in [9.17, 15) is 9.59 Å². The van der Waals surface area contributed by atoms with Gasteiger partial charge in [-0.1, -0.05) is 18.2 Å². The highest BCUT2D eigenvalue weighted by Crippen LogP contribution is 2.16. The molecule has 0 bridgehead atoms. The molecule has 1 amide bonds. The van der Waals surface area contributed by atoms with Gasteiger partial charge in [-0.25, -0.2) is 0 Å². The van der Waals surface area contributed by atoms with Gasteiger partial charge in [0.15, 0.2) is 17.3 Å². The third kappa shape index (κ3) is 3.99. The van der Waals surface area contributed by atoms with Crippen molar-refractivity contribution < 1.29 is 9.59 Å². The number of ketones is 1. The van der Waals surface area contributed by atoms with Crippen LogP contribution in [0.25, 0.3) is 0 Å². The molecule has 2 rings (SSSR count). The summed E-state index contributed by atoms with van der Waals surface area (Å²) >= 11 is 0. The van der Waals surface area contributed by atoms with Crippen molar-refractivity contribution in [2.45, 2.75) is 6.92 Å². The number of anilines is 2. The molecule has 2 N–H and O–H groups in total. The lowest BCUT2D eigenvalue weighted by Gasteiger charge is -2.07. The van der Waals surface area contributed by atoms with Crippen LogP contribution in [0.5, 0.6) is 0 Å². The molecule has 22 heavy (non-hydrogen) atoms. The third-order valence-electron chi connectivity index (χ3n) is 2.85.